The number of thioether (sulfide) groups is 1. The minimum atomic E-state index is -0.793. The van der Waals surface area contributed by atoms with Crippen LogP contribution in [0.15, 0.2) is 45.9 Å². The number of hydrogen-bond acceptors (Lipinski definition) is 4. The molecule has 0 saturated heterocycles. The fourth-order valence-electron chi connectivity index (χ4n) is 2.13. The molecular formula is C16H19FN2O3S. The highest BCUT2D eigenvalue weighted by Gasteiger charge is 2.16. The predicted octanol–water partition coefficient (Wildman–Crippen LogP) is 3.77. The van der Waals surface area contributed by atoms with Crippen LogP contribution >= 0.6 is 11.8 Å². The maximum Gasteiger partial charge on any atom is 0.319 e. The Morgan fingerprint density at radius 2 is 2.22 bits per heavy atom. The van der Waals surface area contributed by atoms with Crippen LogP contribution in [0, 0.1) is 5.82 Å². The number of carbonyl (C=O) groups excluding carboxylic acids is 1. The van der Waals surface area contributed by atoms with E-state index in [4.69, 9.17) is 4.42 Å². The smallest absolute Gasteiger partial charge is 0.319 e. The Labute approximate surface area is 138 Å². The first-order valence-corrected chi connectivity index (χ1v) is 8.34. The van der Waals surface area contributed by atoms with Gasteiger partial charge in [0.1, 0.15) is 17.7 Å². The summed E-state index contributed by atoms with van der Waals surface area (Å²) in [6.07, 6.45) is 2.78. The van der Waals surface area contributed by atoms with Crippen molar-refractivity contribution in [1.82, 2.24) is 5.32 Å². The zero-order chi connectivity index (χ0) is 16.8. The Balaban J connectivity index is 1.85. The Morgan fingerprint density at radius 3 is 2.83 bits per heavy atom. The highest BCUT2D eigenvalue weighted by atomic mass is 32.2. The van der Waals surface area contributed by atoms with Gasteiger partial charge in [-0.15, -0.1) is 11.8 Å². The van der Waals surface area contributed by atoms with Crippen molar-refractivity contribution in [2.45, 2.75) is 30.4 Å². The van der Waals surface area contributed by atoms with Crippen molar-refractivity contribution in [3.8, 4) is 0 Å². The standard InChI is InChI=1S/C16H19FN2O3S/c1-10(8-13(20)14-4-3-7-22-14)18-16(21)19-11-5-6-15(23-2)12(17)9-11/h3-7,9-10,13,20H,8H2,1-2H3,(H2,18,19,21)/t10-,13+/m0/s1. The molecule has 0 aliphatic carbocycles. The Bertz CT molecular complexity index is 649. The van der Waals surface area contributed by atoms with E-state index in [0.29, 0.717) is 22.8 Å². The normalized spacial score (nSPS) is 13.4. The van der Waals surface area contributed by atoms with E-state index in [1.165, 1.54) is 24.1 Å². The molecule has 0 bridgehead atoms. The summed E-state index contributed by atoms with van der Waals surface area (Å²) in [7, 11) is 0. The van der Waals surface area contributed by atoms with Gasteiger partial charge in [0.25, 0.3) is 0 Å². The molecule has 2 rings (SSSR count). The summed E-state index contributed by atoms with van der Waals surface area (Å²) in [5.41, 5.74) is 0.372. The summed E-state index contributed by atoms with van der Waals surface area (Å²) in [5, 5.41) is 15.2. The van der Waals surface area contributed by atoms with Gasteiger partial charge in [0.15, 0.2) is 0 Å². The molecule has 1 aromatic carbocycles. The van der Waals surface area contributed by atoms with E-state index in [9.17, 15) is 14.3 Å². The quantitative estimate of drug-likeness (QED) is 0.701. The van der Waals surface area contributed by atoms with Gasteiger partial charge in [0, 0.05) is 23.0 Å². The summed E-state index contributed by atoms with van der Waals surface area (Å²) in [6, 6.07) is 7.14. The number of amides is 2. The molecule has 0 saturated carbocycles. The summed E-state index contributed by atoms with van der Waals surface area (Å²) >= 11 is 1.30. The number of aliphatic hydroxyl groups excluding tert-OH is 1. The van der Waals surface area contributed by atoms with Crippen LogP contribution in [0.4, 0.5) is 14.9 Å². The van der Waals surface area contributed by atoms with E-state index >= 15 is 0 Å². The van der Waals surface area contributed by atoms with Crippen molar-refractivity contribution in [2.75, 3.05) is 11.6 Å². The Hall–Kier alpha value is -1.99. The zero-order valence-electron chi connectivity index (χ0n) is 12.9. The van der Waals surface area contributed by atoms with Crippen LogP contribution in [0.2, 0.25) is 0 Å². The molecule has 2 aromatic rings. The van der Waals surface area contributed by atoms with Gasteiger partial charge in [0.05, 0.1) is 6.26 Å². The molecule has 0 aliphatic rings. The first-order chi connectivity index (χ1) is 11.0. The Morgan fingerprint density at radius 1 is 1.43 bits per heavy atom. The van der Waals surface area contributed by atoms with Gasteiger partial charge in [0.2, 0.25) is 0 Å². The second-order valence-corrected chi connectivity index (χ2v) is 5.96. The fraction of sp³-hybridized carbons (Fsp3) is 0.312. The predicted molar refractivity (Wildman–Crippen MR) is 88.1 cm³/mol. The Kier molecular flexibility index (Phi) is 6.06. The number of nitrogens with one attached hydrogen (secondary N) is 2. The number of carbonyl (C=O) groups is 1. The number of anilines is 1. The van der Waals surface area contributed by atoms with Crippen LogP contribution in [-0.4, -0.2) is 23.4 Å². The van der Waals surface area contributed by atoms with Crippen LogP contribution in [0.25, 0.3) is 0 Å². The fourth-order valence-corrected chi connectivity index (χ4v) is 2.58. The molecule has 0 radical (unpaired) electrons. The molecule has 0 fully saturated rings. The highest BCUT2D eigenvalue weighted by molar-refractivity contribution is 7.98. The van der Waals surface area contributed by atoms with Gasteiger partial charge in [-0.25, -0.2) is 9.18 Å². The van der Waals surface area contributed by atoms with Gasteiger partial charge in [-0.2, -0.15) is 0 Å². The topological polar surface area (TPSA) is 74.5 Å². The molecule has 1 aromatic heterocycles. The first-order valence-electron chi connectivity index (χ1n) is 7.12. The third-order valence-corrected chi connectivity index (χ3v) is 4.01. The van der Waals surface area contributed by atoms with Gasteiger partial charge < -0.3 is 20.2 Å². The molecule has 7 heteroatoms. The van der Waals surface area contributed by atoms with Gasteiger partial charge in [-0.1, -0.05) is 0 Å². The monoisotopic (exact) mass is 338 g/mol. The number of aliphatic hydroxyl groups is 1. The molecule has 0 spiro atoms. The van der Waals surface area contributed by atoms with E-state index < -0.39 is 12.1 Å². The number of urea groups is 1. The lowest BCUT2D eigenvalue weighted by Gasteiger charge is -2.17. The molecular weight excluding hydrogens is 319 g/mol. The summed E-state index contributed by atoms with van der Waals surface area (Å²) in [6.45, 7) is 1.77. The van der Waals surface area contributed by atoms with Crippen molar-refractivity contribution in [3.63, 3.8) is 0 Å². The van der Waals surface area contributed by atoms with E-state index in [2.05, 4.69) is 10.6 Å². The molecule has 2 atom stereocenters. The molecule has 3 N–H and O–H groups in total. The van der Waals surface area contributed by atoms with Crippen molar-refractivity contribution in [1.29, 1.82) is 0 Å². The van der Waals surface area contributed by atoms with Crippen molar-refractivity contribution in [3.05, 3.63) is 48.2 Å². The third kappa shape index (κ3) is 5.01. The molecule has 0 unspecified atom stereocenters. The molecule has 0 aliphatic heterocycles. The van der Waals surface area contributed by atoms with Crippen LogP contribution < -0.4 is 10.6 Å². The molecule has 124 valence electrons. The number of halogens is 1. The highest BCUT2D eigenvalue weighted by Crippen LogP contribution is 2.22. The average Bonchev–Trinajstić information content (AvgIpc) is 3.01. The second kappa shape index (κ2) is 8.03. The average molecular weight is 338 g/mol. The largest absolute Gasteiger partial charge is 0.467 e. The zero-order valence-corrected chi connectivity index (χ0v) is 13.7. The lowest BCUT2D eigenvalue weighted by Crippen LogP contribution is -2.37. The van der Waals surface area contributed by atoms with Crippen molar-refractivity contribution < 1.29 is 18.7 Å². The summed E-state index contributed by atoms with van der Waals surface area (Å²) in [5.74, 6) is 0.0744. The number of hydrogen-bond donors (Lipinski definition) is 3. The molecule has 2 amide bonds. The van der Waals surface area contributed by atoms with Crippen LogP contribution in [0.3, 0.4) is 0 Å². The van der Waals surface area contributed by atoms with E-state index in [1.807, 2.05) is 0 Å². The molecule has 5 nitrogen and oxygen atoms in total. The number of benzene rings is 1. The first kappa shape index (κ1) is 17.4. The number of rotatable bonds is 6. The molecule has 23 heavy (non-hydrogen) atoms. The van der Waals surface area contributed by atoms with E-state index in [-0.39, 0.29) is 11.9 Å². The van der Waals surface area contributed by atoms with Crippen molar-refractivity contribution >= 4 is 23.5 Å². The minimum absolute atomic E-state index is 0.287. The van der Waals surface area contributed by atoms with Crippen molar-refractivity contribution in [2.24, 2.45) is 0 Å². The maximum atomic E-state index is 13.7. The van der Waals surface area contributed by atoms with Gasteiger partial charge in [-0.05, 0) is 43.5 Å². The van der Waals surface area contributed by atoms with Crippen LogP contribution in [-0.2, 0) is 0 Å². The van der Waals surface area contributed by atoms with Gasteiger partial charge >= 0.3 is 6.03 Å². The third-order valence-electron chi connectivity index (χ3n) is 3.24. The lowest BCUT2D eigenvalue weighted by molar-refractivity contribution is 0.130. The summed E-state index contributed by atoms with van der Waals surface area (Å²) in [4.78, 5) is 12.4. The molecule has 1 heterocycles. The van der Waals surface area contributed by atoms with E-state index in [0.717, 1.165) is 0 Å². The van der Waals surface area contributed by atoms with Gasteiger partial charge in [-0.3, -0.25) is 0 Å². The maximum absolute atomic E-state index is 13.7. The van der Waals surface area contributed by atoms with E-state index in [1.54, 1.807) is 37.4 Å². The SMILES string of the molecule is CSc1ccc(NC(=O)N[C@@H](C)C[C@@H](O)c2ccco2)cc1F. The lowest BCUT2D eigenvalue weighted by atomic mass is 10.1. The van der Waals surface area contributed by atoms with Crippen LogP contribution in [0.5, 0.6) is 0 Å². The minimum Gasteiger partial charge on any atom is -0.467 e. The summed E-state index contributed by atoms with van der Waals surface area (Å²) < 4.78 is 18.8. The second-order valence-electron chi connectivity index (χ2n) is 5.12. The van der Waals surface area contributed by atoms with Crippen LogP contribution in [0.1, 0.15) is 25.2 Å². The number of furan rings is 1.